The van der Waals surface area contributed by atoms with Gasteiger partial charge < -0.3 is 24.3 Å². The van der Waals surface area contributed by atoms with Gasteiger partial charge in [-0.15, -0.1) is 0 Å². The van der Waals surface area contributed by atoms with E-state index in [0.717, 1.165) is 54.4 Å². The third kappa shape index (κ3) is 4.99. The Kier molecular flexibility index (Phi) is 7.23. The van der Waals surface area contributed by atoms with Crippen LogP contribution >= 0.6 is 0 Å². The number of rotatable bonds is 6. The van der Waals surface area contributed by atoms with Crippen molar-refractivity contribution in [3.63, 3.8) is 0 Å². The Morgan fingerprint density at radius 3 is 2.56 bits per heavy atom. The second kappa shape index (κ2) is 11.3. The Morgan fingerprint density at radius 1 is 0.977 bits per heavy atom. The molecule has 4 aromatic rings. The first kappa shape index (κ1) is 27.4. The first-order valence-corrected chi connectivity index (χ1v) is 15.3. The van der Waals surface area contributed by atoms with Gasteiger partial charge in [0.2, 0.25) is 0 Å². The number of benzene rings is 3. The van der Waals surface area contributed by atoms with Crippen LogP contribution in [-0.2, 0) is 17.8 Å². The Bertz CT molecular complexity index is 1700. The van der Waals surface area contributed by atoms with Crippen molar-refractivity contribution in [3.8, 4) is 6.01 Å². The summed E-state index contributed by atoms with van der Waals surface area (Å²) >= 11 is 0. The third-order valence-corrected chi connectivity index (χ3v) is 9.24. The summed E-state index contributed by atoms with van der Waals surface area (Å²) in [4.78, 5) is 31.7. The van der Waals surface area contributed by atoms with Gasteiger partial charge in [-0.2, -0.15) is 9.97 Å². The number of para-hydroxylation sites is 2. The number of likely N-dealkylation sites (tertiary alicyclic amines) is 1. The largest absolute Gasteiger partial charge is 0.462 e. The number of ether oxygens (including phenoxy) is 1. The van der Waals surface area contributed by atoms with Crippen LogP contribution in [0.4, 0.5) is 22.9 Å². The lowest BCUT2D eigenvalue weighted by molar-refractivity contribution is -0.114. The number of fused-ring (bicyclic) bond motifs is 3. The standard InChI is InChI=1S/C35H38N6O2/c1-4-32(42)40-20-21-41(30-15-6-5-14-29(30)40)34-27-17-19-39(31-16-8-12-25-11-7-10-24(2)33(25)31)22-28(27)36-35(37-34)43-23-26-13-9-18-38(26)3/h4-8,10-12,14-16,26H,1,9,13,17-23H2,2-3H3/t26-/m0/s1. The summed E-state index contributed by atoms with van der Waals surface area (Å²) in [5, 5.41) is 2.54. The Balaban J connectivity index is 1.29. The van der Waals surface area contributed by atoms with Crippen LogP contribution in [0.3, 0.4) is 0 Å². The summed E-state index contributed by atoms with van der Waals surface area (Å²) in [6.45, 7) is 10.3. The van der Waals surface area contributed by atoms with Crippen LogP contribution in [0.5, 0.6) is 6.01 Å². The molecule has 0 radical (unpaired) electrons. The summed E-state index contributed by atoms with van der Waals surface area (Å²) in [7, 11) is 2.16. The minimum Gasteiger partial charge on any atom is -0.462 e. The third-order valence-electron chi connectivity index (χ3n) is 9.24. The normalized spacial score (nSPS) is 18.5. The molecule has 0 bridgehead atoms. The van der Waals surface area contributed by atoms with E-state index < -0.39 is 0 Å². The van der Waals surface area contributed by atoms with E-state index in [1.54, 1.807) is 4.90 Å². The number of carbonyl (C=O) groups is 1. The molecule has 7 rings (SSSR count). The van der Waals surface area contributed by atoms with Gasteiger partial charge in [-0.3, -0.25) is 4.79 Å². The number of amides is 1. The molecule has 0 spiro atoms. The highest BCUT2D eigenvalue weighted by Gasteiger charge is 2.32. The molecule has 4 heterocycles. The molecule has 1 atom stereocenters. The Hall–Kier alpha value is -4.43. The Labute approximate surface area is 253 Å². The van der Waals surface area contributed by atoms with E-state index in [1.807, 2.05) is 18.2 Å². The summed E-state index contributed by atoms with van der Waals surface area (Å²) in [5.41, 5.74) is 6.48. The first-order chi connectivity index (χ1) is 21.0. The lowest BCUT2D eigenvalue weighted by Gasteiger charge is -2.39. The molecular formula is C35H38N6O2. The molecule has 220 valence electrons. The van der Waals surface area contributed by atoms with Crippen LogP contribution in [0, 0.1) is 6.92 Å². The molecule has 8 nitrogen and oxygen atoms in total. The average molecular weight is 575 g/mol. The SMILES string of the molecule is C=CC(=O)N1CCN(c2nc(OC[C@@H]3CCCN3C)nc3c2CCN(c2cccc4cccc(C)c24)C3)c2ccccc21. The van der Waals surface area contributed by atoms with Crippen LogP contribution in [0.2, 0.25) is 0 Å². The first-order valence-electron chi connectivity index (χ1n) is 15.3. The van der Waals surface area contributed by atoms with Crippen LogP contribution in [0.25, 0.3) is 10.8 Å². The van der Waals surface area contributed by atoms with Crippen molar-refractivity contribution in [1.82, 2.24) is 14.9 Å². The molecule has 3 aromatic carbocycles. The number of carbonyl (C=O) groups excluding carboxylic acids is 1. The highest BCUT2D eigenvalue weighted by molar-refractivity contribution is 6.04. The van der Waals surface area contributed by atoms with Gasteiger partial charge in [0.15, 0.2) is 0 Å². The van der Waals surface area contributed by atoms with Crippen molar-refractivity contribution in [1.29, 1.82) is 0 Å². The maximum Gasteiger partial charge on any atom is 0.318 e. The van der Waals surface area contributed by atoms with Crippen LogP contribution in [-0.4, -0.2) is 66.7 Å². The van der Waals surface area contributed by atoms with E-state index in [4.69, 9.17) is 14.7 Å². The molecule has 1 fully saturated rings. The van der Waals surface area contributed by atoms with Gasteiger partial charge in [-0.1, -0.05) is 49.0 Å². The highest BCUT2D eigenvalue weighted by Crippen LogP contribution is 2.41. The molecule has 43 heavy (non-hydrogen) atoms. The predicted octanol–water partition coefficient (Wildman–Crippen LogP) is 5.64. The van der Waals surface area contributed by atoms with Crippen molar-refractivity contribution < 1.29 is 9.53 Å². The molecule has 0 N–H and O–H groups in total. The van der Waals surface area contributed by atoms with Gasteiger partial charge in [0.25, 0.3) is 5.91 Å². The maximum atomic E-state index is 12.7. The topological polar surface area (TPSA) is 65.0 Å². The lowest BCUT2D eigenvalue weighted by atomic mass is 9.99. The molecule has 1 amide bonds. The average Bonchev–Trinajstić information content (AvgIpc) is 3.46. The van der Waals surface area contributed by atoms with Crippen molar-refractivity contribution in [2.45, 2.75) is 38.8 Å². The fourth-order valence-electron chi connectivity index (χ4n) is 6.93. The molecule has 0 unspecified atom stereocenters. The maximum absolute atomic E-state index is 12.7. The lowest BCUT2D eigenvalue weighted by Crippen LogP contribution is -2.43. The fraction of sp³-hybridized carbons (Fsp3) is 0.343. The number of likely N-dealkylation sites (N-methyl/N-ethyl adjacent to an activating group) is 1. The van der Waals surface area contributed by atoms with Gasteiger partial charge in [0.1, 0.15) is 12.4 Å². The van der Waals surface area contributed by atoms with Gasteiger partial charge >= 0.3 is 6.01 Å². The molecule has 0 saturated carbocycles. The van der Waals surface area contributed by atoms with Gasteiger partial charge in [-0.25, -0.2) is 0 Å². The summed E-state index contributed by atoms with van der Waals surface area (Å²) < 4.78 is 6.37. The molecule has 8 heteroatoms. The van der Waals surface area contributed by atoms with Crippen LogP contribution in [0.15, 0.2) is 73.3 Å². The molecule has 1 aromatic heterocycles. The second-order valence-electron chi connectivity index (χ2n) is 11.8. The molecule has 0 aliphatic carbocycles. The number of hydrogen-bond donors (Lipinski definition) is 0. The van der Waals surface area contributed by atoms with Crippen molar-refractivity contribution in [2.75, 3.05) is 54.5 Å². The molecular weight excluding hydrogens is 536 g/mol. The van der Waals surface area contributed by atoms with Gasteiger partial charge in [0.05, 0.1) is 23.6 Å². The Morgan fingerprint density at radius 2 is 1.77 bits per heavy atom. The highest BCUT2D eigenvalue weighted by atomic mass is 16.5. The van der Waals surface area contributed by atoms with Crippen LogP contribution < -0.4 is 19.4 Å². The number of nitrogens with zero attached hydrogens (tertiary/aromatic N) is 6. The smallest absolute Gasteiger partial charge is 0.318 e. The second-order valence-corrected chi connectivity index (χ2v) is 11.8. The zero-order valence-corrected chi connectivity index (χ0v) is 25.0. The number of hydrogen-bond acceptors (Lipinski definition) is 7. The van der Waals surface area contributed by atoms with Crippen molar-refractivity contribution in [3.05, 3.63) is 90.1 Å². The fourth-order valence-corrected chi connectivity index (χ4v) is 6.93. The van der Waals surface area contributed by atoms with Gasteiger partial charge in [0, 0.05) is 42.3 Å². The van der Waals surface area contributed by atoms with Crippen molar-refractivity contribution >= 4 is 39.6 Å². The summed E-state index contributed by atoms with van der Waals surface area (Å²) in [6, 6.07) is 21.9. The summed E-state index contributed by atoms with van der Waals surface area (Å²) in [5.74, 6) is 0.786. The monoisotopic (exact) mass is 574 g/mol. The molecule has 3 aliphatic rings. The number of anilines is 4. The zero-order chi connectivity index (χ0) is 29.5. The van der Waals surface area contributed by atoms with Crippen LogP contribution in [0.1, 0.15) is 29.7 Å². The van der Waals surface area contributed by atoms with E-state index in [9.17, 15) is 4.79 Å². The molecule has 1 saturated heterocycles. The van der Waals surface area contributed by atoms with E-state index in [2.05, 4.69) is 77.7 Å². The summed E-state index contributed by atoms with van der Waals surface area (Å²) in [6.07, 6.45) is 4.50. The minimum atomic E-state index is -0.0949. The predicted molar refractivity (Wildman–Crippen MR) is 173 cm³/mol. The van der Waals surface area contributed by atoms with Crippen molar-refractivity contribution in [2.24, 2.45) is 0 Å². The van der Waals surface area contributed by atoms with Gasteiger partial charge in [-0.05, 0) is 75.0 Å². The molecule has 3 aliphatic heterocycles. The quantitative estimate of drug-likeness (QED) is 0.276. The zero-order valence-electron chi connectivity index (χ0n) is 25.0. The van der Waals surface area contributed by atoms with E-state index in [1.165, 1.54) is 34.5 Å². The number of aromatic nitrogens is 2. The van der Waals surface area contributed by atoms with E-state index in [0.29, 0.717) is 38.3 Å². The minimum absolute atomic E-state index is 0.0949. The van der Waals surface area contributed by atoms with E-state index in [-0.39, 0.29) is 5.91 Å². The van der Waals surface area contributed by atoms with E-state index >= 15 is 0 Å². The number of aryl methyl sites for hydroxylation is 1.